The largest absolute Gasteiger partial charge is 0.438 e. The molecule has 5 nitrogen and oxygen atoms in total. The lowest BCUT2D eigenvalue weighted by molar-refractivity contribution is 0.457. The fraction of sp³-hybridized carbons (Fsp3) is 0.188. The second kappa shape index (κ2) is 5.46. The Morgan fingerprint density at radius 3 is 2.48 bits per heavy atom. The summed E-state index contributed by atoms with van der Waals surface area (Å²) >= 11 is 0. The molecule has 3 rings (SSSR count). The lowest BCUT2D eigenvalue weighted by Gasteiger charge is -2.12. The topological polar surface area (TPSA) is 73.9 Å². The zero-order valence-electron chi connectivity index (χ0n) is 12.0. The number of nitrogens with two attached hydrogens (primary N) is 1. The third kappa shape index (κ3) is 2.68. The van der Waals surface area contributed by atoms with Gasteiger partial charge in [0.05, 0.1) is 0 Å². The molecular formula is C16H16N4O. The summed E-state index contributed by atoms with van der Waals surface area (Å²) in [5, 5.41) is 0. The van der Waals surface area contributed by atoms with Gasteiger partial charge in [-0.3, -0.25) is 4.98 Å². The number of fused-ring (bicyclic) bond motifs is 1. The van der Waals surface area contributed by atoms with E-state index in [1.807, 2.05) is 32.0 Å². The van der Waals surface area contributed by atoms with Gasteiger partial charge in [-0.15, -0.1) is 0 Å². The highest BCUT2D eigenvalue weighted by molar-refractivity contribution is 5.69. The molecule has 0 bridgehead atoms. The smallest absolute Gasteiger partial charge is 0.221 e. The Morgan fingerprint density at radius 2 is 1.76 bits per heavy atom. The molecule has 2 N–H and O–H groups in total. The van der Waals surface area contributed by atoms with E-state index in [0.717, 1.165) is 28.0 Å². The highest BCUT2D eigenvalue weighted by Crippen LogP contribution is 2.29. The summed E-state index contributed by atoms with van der Waals surface area (Å²) in [5.74, 6) is 1.32. The van der Waals surface area contributed by atoms with Crippen LogP contribution >= 0.6 is 0 Å². The molecule has 0 aliphatic carbocycles. The number of aryl methyl sites for hydroxylation is 2. The predicted octanol–water partition coefficient (Wildman–Crippen LogP) is 2.89. The summed E-state index contributed by atoms with van der Waals surface area (Å²) in [5.41, 5.74) is 10.2. The number of rotatable bonds is 3. The van der Waals surface area contributed by atoms with Crippen LogP contribution in [0.5, 0.6) is 11.6 Å². The summed E-state index contributed by atoms with van der Waals surface area (Å²) in [7, 11) is 0. The van der Waals surface area contributed by atoms with Gasteiger partial charge >= 0.3 is 0 Å². The van der Waals surface area contributed by atoms with Gasteiger partial charge in [-0.1, -0.05) is 12.1 Å². The molecule has 106 valence electrons. The second-order valence-electron chi connectivity index (χ2n) is 4.91. The minimum atomic E-state index is 0.509. The van der Waals surface area contributed by atoms with E-state index in [1.54, 1.807) is 18.5 Å². The molecular weight excluding hydrogens is 264 g/mol. The van der Waals surface area contributed by atoms with E-state index in [2.05, 4.69) is 15.0 Å². The van der Waals surface area contributed by atoms with Crippen LogP contribution in [-0.2, 0) is 6.54 Å². The maximum atomic E-state index is 5.93. The third-order valence-electron chi connectivity index (χ3n) is 3.27. The van der Waals surface area contributed by atoms with Crippen molar-refractivity contribution in [1.29, 1.82) is 0 Å². The van der Waals surface area contributed by atoms with Crippen LogP contribution in [0.4, 0.5) is 0 Å². The van der Waals surface area contributed by atoms with Gasteiger partial charge in [0, 0.05) is 25.0 Å². The van der Waals surface area contributed by atoms with Crippen molar-refractivity contribution < 1.29 is 4.74 Å². The zero-order chi connectivity index (χ0) is 14.8. The first kappa shape index (κ1) is 13.5. The Labute approximate surface area is 122 Å². The number of hydrogen-bond donors (Lipinski definition) is 1. The first-order valence-electron chi connectivity index (χ1n) is 6.73. The van der Waals surface area contributed by atoms with Crippen LogP contribution in [0.25, 0.3) is 11.2 Å². The summed E-state index contributed by atoms with van der Waals surface area (Å²) < 4.78 is 5.93. The number of hydrogen-bond acceptors (Lipinski definition) is 5. The van der Waals surface area contributed by atoms with Gasteiger partial charge in [-0.2, -0.15) is 4.98 Å². The number of aromatic nitrogens is 3. The van der Waals surface area contributed by atoms with Crippen molar-refractivity contribution in [2.24, 2.45) is 5.73 Å². The Morgan fingerprint density at radius 1 is 1.05 bits per heavy atom. The van der Waals surface area contributed by atoms with Crippen molar-refractivity contribution in [3.05, 3.63) is 53.3 Å². The lowest BCUT2D eigenvalue weighted by atomic mass is 10.1. The maximum absolute atomic E-state index is 5.93. The Hall–Kier alpha value is -2.53. The van der Waals surface area contributed by atoms with E-state index in [4.69, 9.17) is 10.5 Å². The van der Waals surface area contributed by atoms with Crippen LogP contribution in [0.1, 0.15) is 16.7 Å². The monoisotopic (exact) mass is 280 g/mol. The summed E-state index contributed by atoms with van der Waals surface area (Å²) in [6.45, 7) is 4.52. The molecule has 0 fully saturated rings. The van der Waals surface area contributed by atoms with Crippen molar-refractivity contribution >= 4 is 11.2 Å². The molecule has 5 heteroatoms. The van der Waals surface area contributed by atoms with Gasteiger partial charge < -0.3 is 10.5 Å². The molecule has 0 saturated carbocycles. The molecule has 0 aliphatic rings. The van der Waals surface area contributed by atoms with Crippen LogP contribution in [0.2, 0.25) is 0 Å². The minimum Gasteiger partial charge on any atom is -0.438 e. The molecule has 0 aliphatic heterocycles. The first-order chi connectivity index (χ1) is 10.2. The van der Waals surface area contributed by atoms with Crippen LogP contribution in [-0.4, -0.2) is 15.0 Å². The highest BCUT2D eigenvalue weighted by atomic mass is 16.5. The van der Waals surface area contributed by atoms with Gasteiger partial charge in [0.2, 0.25) is 5.88 Å². The molecule has 2 aromatic heterocycles. The lowest BCUT2D eigenvalue weighted by Crippen LogP contribution is -2.00. The SMILES string of the molecule is Cc1cc(CN)cc(C)c1Oc1ccc2nccnc2n1. The van der Waals surface area contributed by atoms with Crippen LogP contribution in [0, 0.1) is 13.8 Å². The van der Waals surface area contributed by atoms with E-state index in [1.165, 1.54) is 0 Å². The first-order valence-corrected chi connectivity index (χ1v) is 6.73. The van der Waals surface area contributed by atoms with Crippen molar-refractivity contribution in [3.63, 3.8) is 0 Å². The highest BCUT2D eigenvalue weighted by Gasteiger charge is 2.09. The third-order valence-corrected chi connectivity index (χ3v) is 3.27. The van der Waals surface area contributed by atoms with Gasteiger partial charge in [0.15, 0.2) is 5.65 Å². The molecule has 0 atom stereocenters. The zero-order valence-corrected chi connectivity index (χ0v) is 12.0. The van der Waals surface area contributed by atoms with Gasteiger partial charge in [-0.25, -0.2) is 4.98 Å². The fourth-order valence-electron chi connectivity index (χ4n) is 2.32. The van der Waals surface area contributed by atoms with Crippen molar-refractivity contribution in [1.82, 2.24) is 15.0 Å². The van der Waals surface area contributed by atoms with Gasteiger partial charge in [-0.05, 0) is 36.6 Å². The van der Waals surface area contributed by atoms with Crippen LogP contribution in [0.15, 0.2) is 36.7 Å². The maximum Gasteiger partial charge on any atom is 0.221 e. The Balaban J connectivity index is 1.98. The molecule has 0 amide bonds. The van der Waals surface area contributed by atoms with Gasteiger partial charge in [0.25, 0.3) is 0 Å². The van der Waals surface area contributed by atoms with E-state index in [0.29, 0.717) is 18.1 Å². The molecule has 0 spiro atoms. The molecule has 0 unspecified atom stereocenters. The quantitative estimate of drug-likeness (QED) is 0.798. The summed E-state index contributed by atoms with van der Waals surface area (Å²) in [6, 6.07) is 7.71. The number of ether oxygens (including phenoxy) is 1. The number of pyridine rings is 1. The average Bonchev–Trinajstić information content (AvgIpc) is 2.50. The molecule has 1 aromatic carbocycles. The van der Waals surface area contributed by atoms with E-state index in [-0.39, 0.29) is 0 Å². The summed E-state index contributed by atoms with van der Waals surface area (Å²) in [6.07, 6.45) is 3.26. The fourth-order valence-corrected chi connectivity index (χ4v) is 2.32. The van der Waals surface area contributed by atoms with E-state index in [9.17, 15) is 0 Å². The van der Waals surface area contributed by atoms with E-state index < -0.39 is 0 Å². The normalized spacial score (nSPS) is 10.8. The van der Waals surface area contributed by atoms with Crippen LogP contribution in [0.3, 0.4) is 0 Å². The molecule has 21 heavy (non-hydrogen) atoms. The van der Waals surface area contributed by atoms with Crippen molar-refractivity contribution in [2.45, 2.75) is 20.4 Å². The number of nitrogens with zero attached hydrogens (tertiary/aromatic N) is 3. The van der Waals surface area contributed by atoms with Crippen molar-refractivity contribution in [2.75, 3.05) is 0 Å². The average molecular weight is 280 g/mol. The minimum absolute atomic E-state index is 0.509. The molecule has 0 saturated heterocycles. The van der Waals surface area contributed by atoms with Crippen LogP contribution < -0.4 is 10.5 Å². The predicted molar refractivity (Wildman–Crippen MR) is 81.2 cm³/mol. The molecule has 0 radical (unpaired) electrons. The van der Waals surface area contributed by atoms with Crippen molar-refractivity contribution in [3.8, 4) is 11.6 Å². The number of benzene rings is 1. The summed E-state index contributed by atoms with van der Waals surface area (Å²) in [4.78, 5) is 12.8. The second-order valence-corrected chi connectivity index (χ2v) is 4.91. The van der Waals surface area contributed by atoms with E-state index >= 15 is 0 Å². The Kier molecular flexibility index (Phi) is 3.50. The molecule has 2 heterocycles. The molecule has 3 aromatic rings. The Bertz CT molecular complexity index is 778. The standard InChI is InChI=1S/C16H16N4O/c1-10-7-12(9-17)8-11(2)15(10)21-14-4-3-13-16(20-14)19-6-5-18-13/h3-8H,9,17H2,1-2H3. The van der Waals surface area contributed by atoms with Gasteiger partial charge in [0.1, 0.15) is 11.3 Å².